The Hall–Kier alpha value is -1.88. The maximum absolute atomic E-state index is 9.90. The molecule has 1 aromatic carbocycles. The Morgan fingerprint density at radius 3 is 2.83 bits per heavy atom. The Labute approximate surface area is 106 Å². The Morgan fingerprint density at radius 2 is 2.11 bits per heavy atom. The normalized spacial score (nSPS) is 12.3. The van der Waals surface area contributed by atoms with Gasteiger partial charge in [-0.15, -0.1) is 0 Å². The van der Waals surface area contributed by atoms with Gasteiger partial charge in [-0.05, 0) is 19.1 Å². The Balaban J connectivity index is 1.84. The summed E-state index contributed by atoms with van der Waals surface area (Å²) in [6.07, 6.45) is 1.37. The first-order valence-corrected chi connectivity index (χ1v) is 6.02. The topological polar surface area (TPSA) is 60.2 Å². The van der Waals surface area contributed by atoms with Crippen LogP contribution in [0.25, 0.3) is 0 Å². The lowest BCUT2D eigenvalue weighted by Gasteiger charge is -2.12. The molecule has 0 aliphatic heterocycles. The van der Waals surface area contributed by atoms with Gasteiger partial charge in [0.05, 0.1) is 6.10 Å². The van der Waals surface area contributed by atoms with Crippen LogP contribution in [-0.2, 0) is 13.0 Å². The fraction of sp³-hybridized carbons (Fsp3) is 0.385. The van der Waals surface area contributed by atoms with Gasteiger partial charge < -0.3 is 9.84 Å². The van der Waals surface area contributed by atoms with Crippen LogP contribution in [0.15, 0.2) is 36.7 Å². The van der Waals surface area contributed by atoms with E-state index in [1.54, 1.807) is 4.68 Å². The van der Waals surface area contributed by atoms with E-state index in [9.17, 15) is 5.11 Å². The van der Waals surface area contributed by atoms with Crippen LogP contribution >= 0.6 is 0 Å². The van der Waals surface area contributed by atoms with Crippen LogP contribution in [0.3, 0.4) is 0 Å². The first-order valence-electron chi connectivity index (χ1n) is 6.02. The number of benzene rings is 1. The molecule has 18 heavy (non-hydrogen) atoms. The van der Waals surface area contributed by atoms with Gasteiger partial charge >= 0.3 is 0 Å². The van der Waals surface area contributed by atoms with Gasteiger partial charge in [0.1, 0.15) is 24.5 Å². The molecule has 2 aromatic rings. The van der Waals surface area contributed by atoms with Crippen molar-refractivity contribution in [2.24, 2.45) is 0 Å². The lowest BCUT2D eigenvalue weighted by Crippen LogP contribution is -2.22. The third kappa shape index (κ3) is 3.30. The van der Waals surface area contributed by atoms with Crippen molar-refractivity contribution in [1.29, 1.82) is 0 Å². The minimum atomic E-state index is -0.584. The van der Waals surface area contributed by atoms with Crippen LogP contribution in [0.2, 0.25) is 0 Å². The number of para-hydroxylation sites is 1. The molecule has 96 valence electrons. The summed E-state index contributed by atoms with van der Waals surface area (Å²) in [6, 6.07) is 9.44. The molecule has 5 heteroatoms. The zero-order valence-corrected chi connectivity index (χ0v) is 10.4. The van der Waals surface area contributed by atoms with Crippen LogP contribution < -0.4 is 4.74 Å². The highest BCUT2D eigenvalue weighted by Crippen LogP contribution is 2.09. The average Bonchev–Trinajstić information content (AvgIpc) is 2.85. The molecule has 1 unspecified atom stereocenters. The third-order valence-corrected chi connectivity index (χ3v) is 2.60. The van der Waals surface area contributed by atoms with Crippen molar-refractivity contribution in [2.45, 2.75) is 26.0 Å². The SMILES string of the molecule is CCn1ncnc1CC(O)COc1ccccc1. The third-order valence-electron chi connectivity index (χ3n) is 2.60. The van der Waals surface area contributed by atoms with Crippen LogP contribution in [0.5, 0.6) is 5.75 Å². The molecule has 1 aromatic heterocycles. The predicted octanol–water partition coefficient (Wildman–Crippen LogP) is 1.28. The fourth-order valence-corrected chi connectivity index (χ4v) is 1.69. The molecule has 0 amide bonds. The summed E-state index contributed by atoms with van der Waals surface area (Å²) in [5.74, 6) is 1.54. The molecular formula is C13H17N3O2. The van der Waals surface area contributed by atoms with Crippen LogP contribution in [-0.4, -0.2) is 32.6 Å². The molecule has 0 aliphatic carbocycles. The van der Waals surface area contributed by atoms with Gasteiger partial charge in [0.25, 0.3) is 0 Å². The van der Waals surface area contributed by atoms with Gasteiger partial charge in [-0.2, -0.15) is 5.10 Å². The summed E-state index contributed by atoms with van der Waals surface area (Å²) in [5, 5.41) is 14.0. The van der Waals surface area contributed by atoms with E-state index in [-0.39, 0.29) is 6.61 Å². The smallest absolute Gasteiger partial charge is 0.138 e. The van der Waals surface area contributed by atoms with Crippen molar-refractivity contribution < 1.29 is 9.84 Å². The van der Waals surface area contributed by atoms with E-state index in [4.69, 9.17) is 4.74 Å². The first-order chi connectivity index (χ1) is 8.79. The van der Waals surface area contributed by atoms with Crippen molar-refractivity contribution in [1.82, 2.24) is 14.8 Å². The summed E-state index contributed by atoms with van der Waals surface area (Å²) < 4.78 is 7.25. The summed E-state index contributed by atoms with van der Waals surface area (Å²) >= 11 is 0. The molecule has 0 saturated heterocycles. The molecule has 1 heterocycles. The quantitative estimate of drug-likeness (QED) is 0.835. The molecule has 0 saturated carbocycles. The standard InChI is InChI=1S/C13H17N3O2/c1-2-16-13(14-10-15-16)8-11(17)9-18-12-6-4-3-5-7-12/h3-7,10-11,17H,2,8-9H2,1H3. The molecule has 0 spiro atoms. The summed E-state index contributed by atoms with van der Waals surface area (Å²) in [5.41, 5.74) is 0. The highest BCUT2D eigenvalue weighted by atomic mass is 16.5. The molecule has 1 N–H and O–H groups in total. The van der Waals surface area contributed by atoms with Gasteiger partial charge in [-0.1, -0.05) is 18.2 Å². The van der Waals surface area contributed by atoms with Crippen LogP contribution in [0.1, 0.15) is 12.7 Å². The van der Waals surface area contributed by atoms with E-state index >= 15 is 0 Å². The van der Waals surface area contributed by atoms with Crippen LogP contribution in [0.4, 0.5) is 0 Å². The van der Waals surface area contributed by atoms with Crippen molar-refractivity contribution in [2.75, 3.05) is 6.61 Å². The molecule has 5 nitrogen and oxygen atoms in total. The highest BCUT2D eigenvalue weighted by molar-refractivity contribution is 5.20. The highest BCUT2D eigenvalue weighted by Gasteiger charge is 2.11. The summed E-state index contributed by atoms with van der Waals surface area (Å²) in [7, 11) is 0. The zero-order chi connectivity index (χ0) is 12.8. The molecule has 2 rings (SSSR count). The Kier molecular flexibility index (Phi) is 4.30. The summed E-state index contributed by atoms with van der Waals surface area (Å²) in [4.78, 5) is 4.12. The number of rotatable bonds is 6. The molecule has 1 atom stereocenters. The van der Waals surface area contributed by atoms with Crippen molar-refractivity contribution >= 4 is 0 Å². The number of hydrogen-bond acceptors (Lipinski definition) is 4. The van der Waals surface area contributed by atoms with Crippen molar-refractivity contribution in [3.8, 4) is 5.75 Å². The number of hydrogen-bond donors (Lipinski definition) is 1. The van der Waals surface area contributed by atoms with Gasteiger partial charge in [0.2, 0.25) is 0 Å². The van der Waals surface area contributed by atoms with Gasteiger partial charge in [-0.25, -0.2) is 4.98 Å². The zero-order valence-electron chi connectivity index (χ0n) is 10.4. The number of aromatic nitrogens is 3. The average molecular weight is 247 g/mol. The van der Waals surface area contributed by atoms with Gasteiger partial charge in [-0.3, -0.25) is 4.68 Å². The number of aliphatic hydroxyl groups is 1. The van der Waals surface area contributed by atoms with E-state index in [1.165, 1.54) is 6.33 Å². The van der Waals surface area contributed by atoms with E-state index in [0.717, 1.165) is 18.1 Å². The first kappa shape index (κ1) is 12.6. The second-order valence-corrected chi connectivity index (χ2v) is 3.97. The van der Waals surface area contributed by atoms with Gasteiger partial charge in [0.15, 0.2) is 0 Å². The second-order valence-electron chi connectivity index (χ2n) is 3.97. The fourth-order valence-electron chi connectivity index (χ4n) is 1.69. The Bertz CT molecular complexity index is 470. The van der Waals surface area contributed by atoms with E-state index in [0.29, 0.717) is 6.42 Å². The second kappa shape index (κ2) is 6.16. The summed E-state index contributed by atoms with van der Waals surface area (Å²) in [6.45, 7) is 2.99. The number of aryl methyl sites for hydroxylation is 1. The predicted molar refractivity (Wildman–Crippen MR) is 67.3 cm³/mol. The van der Waals surface area contributed by atoms with Crippen molar-refractivity contribution in [3.63, 3.8) is 0 Å². The maximum atomic E-state index is 9.90. The lowest BCUT2D eigenvalue weighted by molar-refractivity contribution is 0.105. The lowest BCUT2D eigenvalue weighted by atomic mass is 10.2. The molecule has 0 aliphatic rings. The van der Waals surface area contributed by atoms with E-state index in [1.807, 2.05) is 37.3 Å². The largest absolute Gasteiger partial charge is 0.491 e. The van der Waals surface area contributed by atoms with Gasteiger partial charge in [0, 0.05) is 13.0 Å². The molecular weight excluding hydrogens is 230 g/mol. The molecule has 0 fully saturated rings. The molecule has 0 bridgehead atoms. The number of nitrogens with zero attached hydrogens (tertiary/aromatic N) is 3. The minimum Gasteiger partial charge on any atom is -0.491 e. The number of aliphatic hydroxyl groups excluding tert-OH is 1. The van der Waals surface area contributed by atoms with E-state index < -0.39 is 6.10 Å². The maximum Gasteiger partial charge on any atom is 0.138 e. The number of ether oxygens (including phenoxy) is 1. The monoisotopic (exact) mass is 247 g/mol. The Morgan fingerprint density at radius 1 is 1.33 bits per heavy atom. The van der Waals surface area contributed by atoms with Crippen LogP contribution in [0, 0.1) is 0 Å². The minimum absolute atomic E-state index is 0.251. The molecule has 0 radical (unpaired) electrons. The van der Waals surface area contributed by atoms with Crippen molar-refractivity contribution in [3.05, 3.63) is 42.5 Å². The van der Waals surface area contributed by atoms with E-state index in [2.05, 4.69) is 10.1 Å².